The second-order valence-corrected chi connectivity index (χ2v) is 4.90. The molecule has 0 saturated heterocycles. The number of benzene rings is 2. The predicted octanol–water partition coefficient (Wildman–Crippen LogP) is 3.14. The zero-order valence-corrected chi connectivity index (χ0v) is 11.9. The molecule has 0 aromatic heterocycles. The van der Waals surface area contributed by atoms with E-state index in [2.05, 4.69) is 5.32 Å². The van der Waals surface area contributed by atoms with Crippen molar-refractivity contribution in [2.24, 2.45) is 0 Å². The van der Waals surface area contributed by atoms with Crippen molar-refractivity contribution in [3.8, 4) is 0 Å². The van der Waals surface area contributed by atoms with Crippen molar-refractivity contribution in [3.05, 3.63) is 74.8 Å². The summed E-state index contributed by atoms with van der Waals surface area (Å²) in [4.78, 5) is 22.7. The van der Waals surface area contributed by atoms with Crippen molar-refractivity contribution >= 4 is 11.6 Å². The van der Waals surface area contributed by atoms with Gasteiger partial charge in [-0.2, -0.15) is 0 Å². The number of hydrogen-bond donors (Lipinski definition) is 1. The SMILES string of the molecule is Cc1ccc(CNC(=O)c2cccc(C)c2[N+](=O)[O-])cc1. The van der Waals surface area contributed by atoms with Crippen LogP contribution in [0.25, 0.3) is 0 Å². The summed E-state index contributed by atoms with van der Waals surface area (Å²) in [5.41, 5.74) is 2.51. The molecule has 0 aliphatic carbocycles. The van der Waals surface area contributed by atoms with Crippen LogP contribution in [0.2, 0.25) is 0 Å². The summed E-state index contributed by atoms with van der Waals surface area (Å²) in [6.45, 7) is 3.94. The zero-order chi connectivity index (χ0) is 15.4. The van der Waals surface area contributed by atoms with Crippen molar-refractivity contribution in [2.45, 2.75) is 20.4 Å². The van der Waals surface area contributed by atoms with Gasteiger partial charge in [0.1, 0.15) is 5.56 Å². The van der Waals surface area contributed by atoms with Crippen LogP contribution in [0.3, 0.4) is 0 Å². The first kappa shape index (κ1) is 14.7. The highest BCUT2D eigenvalue weighted by Gasteiger charge is 2.21. The van der Waals surface area contributed by atoms with Gasteiger partial charge in [-0.15, -0.1) is 0 Å². The molecular weight excluding hydrogens is 268 g/mol. The van der Waals surface area contributed by atoms with Gasteiger partial charge in [-0.05, 0) is 25.5 Å². The number of carbonyl (C=O) groups excluding carboxylic acids is 1. The highest BCUT2D eigenvalue weighted by atomic mass is 16.6. The smallest absolute Gasteiger partial charge is 0.285 e. The maximum atomic E-state index is 12.1. The van der Waals surface area contributed by atoms with Gasteiger partial charge in [-0.1, -0.05) is 42.0 Å². The van der Waals surface area contributed by atoms with E-state index < -0.39 is 10.8 Å². The number of nitro groups is 1. The molecule has 2 aromatic carbocycles. The standard InChI is InChI=1S/C16H16N2O3/c1-11-6-8-13(9-7-11)10-17-16(19)14-5-3-4-12(2)15(14)18(20)21/h3-9H,10H2,1-2H3,(H,17,19). The van der Waals surface area contributed by atoms with E-state index in [0.29, 0.717) is 12.1 Å². The average molecular weight is 284 g/mol. The van der Waals surface area contributed by atoms with E-state index >= 15 is 0 Å². The summed E-state index contributed by atoms with van der Waals surface area (Å²) < 4.78 is 0. The Morgan fingerprint density at radius 1 is 1.14 bits per heavy atom. The molecule has 0 atom stereocenters. The number of amides is 1. The summed E-state index contributed by atoms with van der Waals surface area (Å²) in [5, 5.41) is 13.8. The first-order valence-electron chi connectivity index (χ1n) is 6.57. The Morgan fingerprint density at radius 2 is 1.81 bits per heavy atom. The fraction of sp³-hybridized carbons (Fsp3) is 0.188. The van der Waals surface area contributed by atoms with Crippen molar-refractivity contribution in [1.29, 1.82) is 0 Å². The van der Waals surface area contributed by atoms with Crippen LogP contribution in [-0.4, -0.2) is 10.8 Å². The molecule has 5 nitrogen and oxygen atoms in total. The van der Waals surface area contributed by atoms with Gasteiger partial charge in [-0.3, -0.25) is 14.9 Å². The fourth-order valence-corrected chi connectivity index (χ4v) is 2.07. The van der Waals surface area contributed by atoms with Crippen molar-refractivity contribution in [3.63, 3.8) is 0 Å². The second kappa shape index (κ2) is 6.17. The molecule has 0 unspecified atom stereocenters. The van der Waals surface area contributed by atoms with Gasteiger partial charge >= 0.3 is 0 Å². The predicted molar refractivity (Wildman–Crippen MR) is 80.2 cm³/mol. The van der Waals surface area contributed by atoms with E-state index in [1.54, 1.807) is 19.1 Å². The molecule has 0 saturated carbocycles. The number of rotatable bonds is 4. The first-order chi connectivity index (χ1) is 9.99. The maximum absolute atomic E-state index is 12.1. The van der Waals surface area contributed by atoms with Gasteiger partial charge in [0.05, 0.1) is 4.92 Å². The number of nitrogens with zero attached hydrogens (tertiary/aromatic N) is 1. The van der Waals surface area contributed by atoms with E-state index in [4.69, 9.17) is 0 Å². The molecule has 2 rings (SSSR count). The lowest BCUT2D eigenvalue weighted by atomic mass is 10.1. The quantitative estimate of drug-likeness (QED) is 0.692. The molecule has 0 spiro atoms. The van der Waals surface area contributed by atoms with Crippen LogP contribution in [0.4, 0.5) is 5.69 Å². The summed E-state index contributed by atoms with van der Waals surface area (Å²) in [6.07, 6.45) is 0. The minimum Gasteiger partial charge on any atom is -0.348 e. The van der Waals surface area contributed by atoms with Gasteiger partial charge < -0.3 is 5.32 Å². The Labute approximate surface area is 122 Å². The summed E-state index contributed by atoms with van der Waals surface area (Å²) in [7, 11) is 0. The van der Waals surface area contributed by atoms with Gasteiger partial charge in [0.2, 0.25) is 0 Å². The Kier molecular flexibility index (Phi) is 4.33. The Hall–Kier alpha value is -2.69. The molecule has 1 N–H and O–H groups in total. The van der Waals surface area contributed by atoms with E-state index in [1.165, 1.54) is 6.07 Å². The van der Waals surface area contributed by atoms with Crippen LogP contribution in [0.15, 0.2) is 42.5 Å². The molecule has 0 aliphatic heterocycles. The average Bonchev–Trinajstić information content (AvgIpc) is 2.45. The van der Waals surface area contributed by atoms with E-state index in [1.807, 2.05) is 31.2 Å². The molecule has 21 heavy (non-hydrogen) atoms. The van der Waals surface area contributed by atoms with Gasteiger partial charge in [0.25, 0.3) is 11.6 Å². The van der Waals surface area contributed by atoms with Crippen LogP contribution in [0, 0.1) is 24.0 Å². The third kappa shape index (κ3) is 3.45. The number of carbonyl (C=O) groups is 1. The molecular formula is C16H16N2O3. The Balaban J connectivity index is 2.16. The van der Waals surface area contributed by atoms with Crippen LogP contribution in [-0.2, 0) is 6.54 Å². The van der Waals surface area contributed by atoms with E-state index in [0.717, 1.165) is 11.1 Å². The van der Waals surface area contributed by atoms with Crippen molar-refractivity contribution in [1.82, 2.24) is 5.32 Å². The van der Waals surface area contributed by atoms with Crippen molar-refractivity contribution < 1.29 is 9.72 Å². The summed E-state index contributed by atoms with van der Waals surface area (Å²) >= 11 is 0. The van der Waals surface area contributed by atoms with E-state index in [-0.39, 0.29) is 11.3 Å². The first-order valence-corrected chi connectivity index (χ1v) is 6.57. The Morgan fingerprint density at radius 3 is 2.43 bits per heavy atom. The van der Waals surface area contributed by atoms with Crippen LogP contribution in [0.5, 0.6) is 0 Å². The highest BCUT2D eigenvalue weighted by Crippen LogP contribution is 2.22. The number of aryl methyl sites for hydroxylation is 2. The van der Waals surface area contributed by atoms with E-state index in [9.17, 15) is 14.9 Å². The maximum Gasteiger partial charge on any atom is 0.285 e. The van der Waals surface area contributed by atoms with Gasteiger partial charge in [0, 0.05) is 12.1 Å². The van der Waals surface area contributed by atoms with Gasteiger partial charge in [0.15, 0.2) is 0 Å². The van der Waals surface area contributed by atoms with Crippen LogP contribution < -0.4 is 5.32 Å². The largest absolute Gasteiger partial charge is 0.348 e. The zero-order valence-electron chi connectivity index (χ0n) is 11.9. The summed E-state index contributed by atoms with van der Waals surface area (Å²) in [5.74, 6) is -0.439. The molecule has 5 heteroatoms. The van der Waals surface area contributed by atoms with Gasteiger partial charge in [-0.25, -0.2) is 0 Å². The lowest BCUT2D eigenvalue weighted by Gasteiger charge is -2.07. The molecule has 0 fully saturated rings. The monoisotopic (exact) mass is 284 g/mol. The molecule has 2 aromatic rings. The minimum atomic E-state index is -0.518. The molecule has 0 heterocycles. The van der Waals surface area contributed by atoms with Crippen molar-refractivity contribution in [2.75, 3.05) is 0 Å². The third-order valence-electron chi connectivity index (χ3n) is 3.24. The molecule has 0 radical (unpaired) electrons. The number of nitrogens with one attached hydrogen (secondary N) is 1. The topological polar surface area (TPSA) is 72.2 Å². The second-order valence-electron chi connectivity index (χ2n) is 4.90. The molecule has 0 aliphatic rings. The van der Waals surface area contributed by atoms with Crippen LogP contribution in [0.1, 0.15) is 27.0 Å². The Bertz CT molecular complexity index is 678. The van der Waals surface area contributed by atoms with Crippen LogP contribution >= 0.6 is 0 Å². The minimum absolute atomic E-state index is 0.0899. The summed E-state index contributed by atoms with van der Waals surface area (Å²) in [6, 6.07) is 12.5. The molecule has 1 amide bonds. The number of nitro benzene ring substituents is 1. The normalized spacial score (nSPS) is 10.2. The molecule has 108 valence electrons. The third-order valence-corrected chi connectivity index (χ3v) is 3.24. The lowest BCUT2D eigenvalue weighted by molar-refractivity contribution is -0.385. The lowest BCUT2D eigenvalue weighted by Crippen LogP contribution is -2.23. The highest BCUT2D eigenvalue weighted by molar-refractivity contribution is 5.98. The number of hydrogen-bond acceptors (Lipinski definition) is 3. The fourth-order valence-electron chi connectivity index (χ4n) is 2.07. The number of para-hydroxylation sites is 1. The molecule has 0 bridgehead atoms.